The Kier molecular flexibility index (Phi) is 4.73. The Morgan fingerprint density at radius 1 is 1.16 bits per heavy atom. The highest BCUT2D eigenvalue weighted by Crippen LogP contribution is 2.25. The van der Waals surface area contributed by atoms with Crippen molar-refractivity contribution in [2.24, 2.45) is 0 Å². The fraction of sp³-hybridized carbons (Fsp3) is 0.176. The van der Waals surface area contributed by atoms with Gasteiger partial charge < -0.3 is 4.42 Å². The molecule has 1 amide bonds. The summed E-state index contributed by atoms with van der Waals surface area (Å²) >= 11 is 1.34. The molecule has 2 aromatic heterocycles. The topological polar surface area (TPSA) is 89.3 Å². The van der Waals surface area contributed by atoms with Crippen LogP contribution in [-0.4, -0.2) is 19.3 Å². The van der Waals surface area contributed by atoms with Gasteiger partial charge >= 0.3 is 0 Å². The maximum Gasteiger partial charge on any atom is 0.264 e. The first kappa shape index (κ1) is 17.4. The number of hydrogen-bond donors (Lipinski definition) is 1. The lowest BCUT2D eigenvalue weighted by Gasteiger charge is -2.06. The van der Waals surface area contributed by atoms with Gasteiger partial charge in [0.25, 0.3) is 10.0 Å². The van der Waals surface area contributed by atoms with E-state index in [2.05, 4.69) is 9.71 Å². The number of carbonyl (C=O) groups excluding carboxylic acids is 1. The van der Waals surface area contributed by atoms with Crippen molar-refractivity contribution in [3.05, 3.63) is 58.8 Å². The molecule has 0 aliphatic carbocycles. The minimum Gasteiger partial charge on any atom is -0.459 e. The van der Waals surface area contributed by atoms with Gasteiger partial charge in [-0.3, -0.25) is 4.79 Å². The van der Waals surface area contributed by atoms with Gasteiger partial charge in [-0.1, -0.05) is 17.7 Å². The molecule has 1 N–H and O–H groups in total. The van der Waals surface area contributed by atoms with E-state index in [1.807, 2.05) is 19.9 Å². The molecule has 0 aliphatic heterocycles. The van der Waals surface area contributed by atoms with E-state index in [9.17, 15) is 13.2 Å². The summed E-state index contributed by atoms with van der Waals surface area (Å²) in [4.78, 5) is 16.4. The number of furan rings is 1. The molecule has 0 aliphatic rings. The van der Waals surface area contributed by atoms with Crippen LogP contribution >= 0.6 is 11.3 Å². The molecule has 0 bridgehead atoms. The van der Waals surface area contributed by atoms with Gasteiger partial charge in [0.15, 0.2) is 10.8 Å². The second-order valence-corrected chi connectivity index (χ2v) is 8.11. The Balaban J connectivity index is 1.68. The van der Waals surface area contributed by atoms with E-state index >= 15 is 0 Å². The van der Waals surface area contributed by atoms with Gasteiger partial charge in [-0.05, 0) is 38.1 Å². The second kappa shape index (κ2) is 6.81. The molecular formula is C17H16N2O4S2. The molecule has 0 unspecified atom stereocenters. The van der Waals surface area contributed by atoms with E-state index in [0.717, 1.165) is 11.3 Å². The predicted octanol–water partition coefficient (Wildman–Crippen LogP) is 3.07. The smallest absolute Gasteiger partial charge is 0.264 e. The van der Waals surface area contributed by atoms with Crippen molar-refractivity contribution >= 4 is 27.3 Å². The zero-order chi connectivity index (χ0) is 18.0. The lowest BCUT2D eigenvalue weighted by molar-refractivity contribution is -0.118. The van der Waals surface area contributed by atoms with E-state index in [1.54, 1.807) is 23.6 Å². The highest BCUT2D eigenvalue weighted by molar-refractivity contribution is 7.90. The Labute approximate surface area is 149 Å². The van der Waals surface area contributed by atoms with E-state index in [1.165, 1.54) is 23.5 Å². The average Bonchev–Trinajstić information content (AvgIpc) is 3.16. The summed E-state index contributed by atoms with van der Waals surface area (Å²) in [5.41, 5.74) is 1.43. The molecular weight excluding hydrogens is 360 g/mol. The summed E-state index contributed by atoms with van der Waals surface area (Å²) < 4.78 is 32.0. The van der Waals surface area contributed by atoms with Gasteiger partial charge in [0, 0.05) is 5.38 Å². The monoisotopic (exact) mass is 376 g/mol. The molecule has 0 saturated heterocycles. The number of carbonyl (C=O) groups is 1. The zero-order valence-electron chi connectivity index (χ0n) is 13.6. The Bertz CT molecular complexity index is 1000. The van der Waals surface area contributed by atoms with Crippen molar-refractivity contribution in [2.45, 2.75) is 25.2 Å². The average molecular weight is 376 g/mol. The number of benzene rings is 1. The first-order valence-electron chi connectivity index (χ1n) is 7.47. The number of hydrogen-bond acceptors (Lipinski definition) is 6. The van der Waals surface area contributed by atoms with Gasteiger partial charge in [-0.15, -0.1) is 11.3 Å². The number of amides is 1. The van der Waals surface area contributed by atoms with Gasteiger partial charge in [0.2, 0.25) is 5.91 Å². The van der Waals surface area contributed by atoms with Gasteiger partial charge in [0.1, 0.15) is 5.76 Å². The van der Waals surface area contributed by atoms with Crippen molar-refractivity contribution in [3.8, 4) is 10.8 Å². The molecule has 3 rings (SSSR count). The van der Waals surface area contributed by atoms with Gasteiger partial charge in [-0.2, -0.15) is 0 Å². The number of sulfonamides is 1. The lowest BCUT2D eigenvalue weighted by Crippen LogP contribution is -2.31. The number of aromatic nitrogens is 1. The van der Waals surface area contributed by atoms with Crippen molar-refractivity contribution in [3.63, 3.8) is 0 Å². The third-order valence-corrected chi connectivity index (χ3v) is 5.72. The van der Waals surface area contributed by atoms with Crippen LogP contribution in [0.1, 0.15) is 17.0 Å². The fourth-order valence-electron chi connectivity index (χ4n) is 2.18. The SMILES string of the molecule is Cc1ccc(S(=O)(=O)NC(=O)Cc2csc(-c3ccc(C)o3)n2)cc1. The molecule has 0 radical (unpaired) electrons. The van der Waals surface area contributed by atoms with E-state index in [-0.39, 0.29) is 11.3 Å². The minimum absolute atomic E-state index is 0.0523. The first-order chi connectivity index (χ1) is 11.8. The summed E-state index contributed by atoms with van der Waals surface area (Å²) in [6.07, 6.45) is -0.124. The molecule has 2 heterocycles. The quantitative estimate of drug-likeness (QED) is 0.739. The Morgan fingerprint density at radius 2 is 1.88 bits per heavy atom. The molecule has 0 saturated carbocycles. The van der Waals surface area contributed by atoms with Gasteiger partial charge in [-0.25, -0.2) is 18.1 Å². The maximum absolute atomic E-state index is 12.2. The zero-order valence-corrected chi connectivity index (χ0v) is 15.3. The predicted molar refractivity (Wildman–Crippen MR) is 94.8 cm³/mol. The number of nitrogens with zero attached hydrogens (tertiary/aromatic N) is 1. The summed E-state index contributed by atoms with van der Waals surface area (Å²) in [5, 5.41) is 2.36. The molecule has 6 nitrogen and oxygen atoms in total. The third kappa shape index (κ3) is 4.15. The van der Waals surface area contributed by atoms with Crippen LogP contribution in [0.3, 0.4) is 0 Å². The third-order valence-electron chi connectivity index (χ3n) is 3.42. The molecule has 130 valence electrons. The number of nitrogens with one attached hydrogen (secondary N) is 1. The van der Waals surface area contributed by atoms with Gasteiger partial charge in [0.05, 0.1) is 17.0 Å². The van der Waals surface area contributed by atoms with Crippen LogP contribution in [0.4, 0.5) is 0 Å². The van der Waals surface area contributed by atoms with E-state index in [0.29, 0.717) is 16.5 Å². The highest BCUT2D eigenvalue weighted by Gasteiger charge is 2.19. The van der Waals surface area contributed by atoms with Crippen LogP contribution in [0.15, 0.2) is 51.1 Å². The Hall–Kier alpha value is -2.45. The molecule has 1 aromatic carbocycles. The van der Waals surface area contributed by atoms with Crippen molar-refractivity contribution in [1.82, 2.24) is 9.71 Å². The van der Waals surface area contributed by atoms with E-state index in [4.69, 9.17) is 4.42 Å². The molecule has 3 aromatic rings. The Morgan fingerprint density at radius 3 is 2.52 bits per heavy atom. The fourth-order valence-corrected chi connectivity index (χ4v) is 3.94. The number of thiazole rings is 1. The largest absolute Gasteiger partial charge is 0.459 e. The molecule has 8 heteroatoms. The standard InChI is InChI=1S/C17H16N2O4S2/c1-11-3-6-14(7-4-11)25(21,22)19-16(20)9-13-10-24-17(18-13)15-8-5-12(2)23-15/h3-8,10H,9H2,1-2H3,(H,19,20). The summed E-state index contributed by atoms with van der Waals surface area (Å²) in [6, 6.07) is 9.92. The second-order valence-electron chi connectivity index (χ2n) is 5.57. The van der Waals surface area contributed by atoms with Crippen LogP contribution in [0.25, 0.3) is 10.8 Å². The minimum atomic E-state index is -3.88. The molecule has 25 heavy (non-hydrogen) atoms. The number of rotatable bonds is 5. The van der Waals surface area contributed by atoms with Crippen LogP contribution in [0, 0.1) is 13.8 Å². The normalized spacial score (nSPS) is 11.4. The van der Waals surface area contributed by atoms with Crippen molar-refractivity contribution in [2.75, 3.05) is 0 Å². The molecule has 0 fully saturated rings. The highest BCUT2D eigenvalue weighted by atomic mass is 32.2. The molecule has 0 spiro atoms. The van der Waals surface area contributed by atoms with Crippen molar-refractivity contribution < 1.29 is 17.6 Å². The summed E-state index contributed by atoms with van der Waals surface area (Å²) in [6.45, 7) is 3.69. The first-order valence-corrected chi connectivity index (χ1v) is 9.83. The number of aryl methyl sites for hydroxylation is 2. The lowest BCUT2D eigenvalue weighted by atomic mass is 10.2. The summed E-state index contributed by atoms with van der Waals surface area (Å²) in [7, 11) is -3.88. The molecule has 0 atom stereocenters. The van der Waals surface area contributed by atoms with Crippen molar-refractivity contribution in [1.29, 1.82) is 0 Å². The van der Waals surface area contributed by atoms with E-state index < -0.39 is 15.9 Å². The maximum atomic E-state index is 12.2. The van der Waals surface area contributed by atoms with Crippen LogP contribution in [-0.2, 0) is 21.2 Å². The summed E-state index contributed by atoms with van der Waals surface area (Å²) in [5.74, 6) is 0.767. The van der Waals surface area contributed by atoms with Crippen LogP contribution < -0.4 is 4.72 Å². The van der Waals surface area contributed by atoms with Crippen LogP contribution in [0.5, 0.6) is 0 Å². The van der Waals surface area contributed by atoms with Crippen LogP contribution in [0.2, 0.25) is 0 Å².